The molecule has 0 fully saturated rings. The highest BCUT2D eigenvalue weighted by atomic mass is 19.1. The molecule has 2 N–H and O–H groups in total. The van der Waals surface area contributed by atoms with Crippen LogP contribution in [0.15, 0.2) is 72.8 Å². The molecule has 3 aromatic rings. The topological polar surface area (TPSA) is 103 Å². The first-order chi connectivity index (χ1) is 15.9. The molecule has 0 heterocycles. The molecular formula is C24H21FN2O6. The number of hydrogen-bond acceptors (Lipinski definition) is 6. The zero-order valence-electron chi connectivity index (χ0n) is 17.7. The SMILES string of the molecule is COc1cc(C(=O)OCC(=O)Nc2ccccc2)ccc1OCC(=O)Nc1ccc(F)cc1. The van der Waals surface area contributed by atoms with E-state index in [0.29, 0.717) is 11.4 Å². The van der Waals surface area contributed by atoms with Gasteiger partial charge in [-0.05, 0) is 54.6 Å². The normalized spacial score (nSPS) is 10.1. The van der Waals surface area contributed by atoms with Gasteiger partial charge >= 0.3 is 5.97 Å². The minimum Gasteiger partial charge on any atom is -0.493 e. The largest absolute Gasteiger partial charge is 0.493 e. The molecule has 0 atom stereocenters. The highest BCUT2D eigenvalue weighted by molar-refractivity contribution is 5.96. The second kappa shape index (κ2) is 11.3. The van der Waals surface area contributed by atoms with Crippen LogP contribution >= 0.6 is 0 Å². The van der Waals surface area contributed by atoms with Gasteiger partial charge in [-0.3, -0.25) is 9.59 Å². The van der Waals surface area contributed by atoms with Crippen molar-refractivity contribution in [2.45, 2.75) is 0 Å². The van der Waals surface area contributed by atoms with Gasteiger partial charge in [0.05, 0.1) is 12.7 Å². The Morgan fingerprint density at radius 2 is 1.42 bits per heavy atom. The van der Waals surface area contributed by atoms with E-state index < -0.39 is 30.2 Å². The lowest BCUT2D eigenvalue weighted by atomic mass is 10.2. The van der Waals surface area contributed by atoms with E-state index in [-0.39, 0.29) is 23.7 Å². The van der Waals surface area contributed by atoms with Gasteiger partial charge < -0.3 is 24.8 Å². The first kappa shape index (κ1) is 23.3. The van der Waals surface area contributed by atoms with Crippen LogP contribution in [0.2, 0.25) is 0 Å². The summed E-state index contributed by atoms with van der Waals surface area (Å²) in [6.45, 7) is -0.797. The minimum absolute atomic E-state index is 0.141. The molecule has 0 aliphatic heterocycles. The lowest BCUT2D eigenvalue weighted by molar-refractivity contribution is -0.119. The van der Waals surface area contributed by atoms with E-state index in [0.717, 1.165) is 0 Å². The number of para-hydroxylation sites is 1. The van der Waals surface area contributed by atoms with E-state index in [2.05, 4.69) is 10.6 Å². The van der Waals surface area contributed by atoms with Gasteiger partial charge in [-0.2, -0.15) is 0 Å². The smallest absolute Gasteiger partial charge is 0.338 e. The summed E-state index contributed by atoms with van der Waals surface area (Å²) >= 11 is 0. The van der Waals surface area contributed by atoms with Crippen molar-refractivity contribution in [2.24, 2.45) is 0 Å². The molecule has 0 aromatic heterocycles. The van der Waals surface area contributed by atoms with Gasteiger partial charge in [-0.25, -0.2) is 9.18 Å². The van der Waals surface area contributed by atoms with Crippen molar-refractivity contribution in [1.82, 2.24) is 0 Å². The number of carbonyl (C=O) groups excluding carboxylic acids is 3. The molecule has 0 aliphatic rings. The summed E-state index contributed by atoms with van der Waals surface area (Å²) in [5, 5.41) is 5.18. The standard InChI is InChI=1S/C24H21FN2O6/c1-31-21-13-16(24(30)33-15-23(29)26-18-5-3-2-4-6-18)7-12-20(21)32-14-22(28)27-19-10-8-17(25)9-11-19/h2-13H,14-15H2,1H3,(H,26,29)(H,27,28). The zero-order valence-corrected chi connectivity index (χ0v) is 17.7. The van der Waals surface area contributed by atoms with Gasteiger partial charge in [0, 0.05) is 11.4 Å². The number of hydrogen-bond donors (Lipinski definition) is 2. The Morgan fingerprint density at radius 3 is 2.09 bits per heavy atom. The summed E-state index contributed by atoms with van der Waals surface area (Å²) in [6, 6.07) is 18.3. The molecule has 3 aromatic carbocycles. The number of amides is 2. The Hall–Kier alpha value is -4.40. The van der Waals surface area contributed by atoms with E-state index in [1.54, 1.807) is 24.3 Å². The van der Waals surface area contributed by atoms with E-state index in [9.17, 15) is 18.8 Å². The van der Waals surface area contributed by atoms with E-state index in [4.69, 9.17) is 14.2 Å². The maximum Gasteiger partial charge on any atom is 0.338 e. The fourth-order valence-corrected chi connectivity index (χ4v) is 2.72. The van der Waals surface area contributed by atoms with Crippen LogP contribution in [-0.4, -0.2) is 38.1 Å². The summed E-state index contributed by atoms with van der Waals surface area (Å²) in [7, 11) is 1.38. The molecule has 170 valence electrons. The Morgan fingerprint density at radius 1 is 0.788 bits per heavy atom. The first-order valence-electron chi connectivity index (χ1n) is 9.83. The van der Waals surface area contributed by atoms with Crippen molar-refractivity contribution < 1.29 is 33.0 Å². The third kappa shape index (κ3) is 7.06. The monoisotopic (exact) mass is 452 g/mol. The summed E-state index contributed by atoms with van der Waals surface area (Å²) in [5.41, 5.74) is 1.15. The number of benzene rings is 3. The fraction of sp³-hybridized carbons (Fsp3) is 0.125. The van der Waals surface area contributed by atoms with Gasteiger partial charge in [0.2, 0.25) is 0 Å². The van der Waals surface area contributed by atoms with Crippen molar-refractivity contribution in [3.05, 3.63) is 84.2 Å². The predicted octanol–water partition coefficient (Wildman–Crippen LogP) is 3.65. The van der Waals surface area contributed by atoms with E-state index >= 15 is 0 Å². The van der Waals surface area contributed by atoms with Crippen molar-refractivity contribution in [3.63, 3.8) is 0 Å². The number of anilines is 2. The third-order valence-corrected chi connectivity index (χ3v) is 4.28. The maximum atomic E-state index is 12.9. The average Bonchev–Trinajstić information content (AvgIpc) is 2.83. The predicted molar refractivity (Wildman–Crippen MR) is 119 cm³/mol. The lowest BCUT2D eigenvalue weighted by Gasteiger charge is -2.12. The van der Waals surface area contributed by atoms with Crippen LogP contribution in [0.3, 0.4) is 0 Å². The number of esters is 1. The number of nitrogens with one attached hydrogen (secondary N) is 2. The van der Waals surface area contributed by atoms with Crippen LogP contribution in [0.1, 0.15) is 10.4 Å². The van der Waals surface area contributed by atoms with Gasteiger partial charge in [-0.1, -0.05) is 18.2 Å². The summed E-state index contributed by atoms with van der Waals surface area (Å²) in [5.74, 6) is -1.65. The van der Waals surface area contributed by atoms with Crippen molar-refractivity contribution >= 4 is 29.2 Å². The molecule has 0 saturated heterocycles. The molecule has 2 amide bonds. The van der Waals surface area contributed by atoms with Crippen LogP contribution in [-0.2, 0) is 14.3 Å². The molecule has 0 bridgehead atoms. The molecule has 0 unspecified atom stereocenters. The number of carbonyl (C=O) groups is 3. The molecule has 9 heteroatoms. The molecule has 0 radical (unpaired) electrons. The Kier molecular flexibility index (Phi) is 7.96. The van der Waals surface area contributed by atoms with Crippen LogP contribution in [0.5, 0.6) is 11.5 Å². The number of methoxy groups -OCH3 is 1. The second-order valence-corrected chi connectivity index (χ2v) is 6.70. The van der Waals surface area contributed by atoms with Gasteiger partial charge in [0.1, 0.15) is 5.82 Å². The Balaban J connectivity index is 1.52. The van der Waals surface area contributed by atoms with Crippen molar-refractivity contribution in [2.75, 3.05) is 31.0 Å². The lowest BCUT2D eigenvalue weighted by Crippen LogP contribution is -2.21. The van der Waals surface area contributed by atoms with Crippen LogP contribution in [0.4, 0.5) is 15.8 Å². The summed E-state index contributed by atoms with van der Waals surface area (Å²) in [4.78, 5) is 36.3. The van der Waals surface area contributed by atoms with Crippen LogP contribution in [0, 0.1) is 5.82 Å². The van der Waals surface area contributed by atoms with Crippen LogP contribution in [0.25, 0.3) is 0 Å². The van der Waals surface area contributed by atoms with Crippen molar-refractivity contribution in [1.29, 1.82) is 0 Å². The highest BCUT2D eigenvalue weighted by Crippen LogP contribution is 2.28. The molecule has 0 saturated carbocycles. The second-order valence-electron chi connectivity index (χ2n) is 6.70. The average molecular weight is 452 g/mol. The number of rotatable bonds is 9. The third-order valence-electron chi connectivity index (χ3n) is 4.28. The highest BCUT2D eigenvalue weighted by Gasteiger charge is 2.15. The maximum absolute atomic E-state index is 12.9. The number of halogens is 1. The molecule has 0 spiro atoms. The number of ether oxygens (including phenoxy) is 3. The van der Waals surface area contributed by atoms with E-state index in [1.807, 2.05) is 6.07 Å². The Bertz CT molecular complexity index is 1120. The van der Waals surface area contributed by atoms with Crippen LogP contribution < -0.4 is 20.1 Å². The summed E-state index contributed by atoms with van der Waals surface area (Å²) in [6.07, 6.45) is 0. The fourth-order valence-electron chi connectivity index (χ4n) is 2.72. The zero-order chi connectivity index (χ0) is 23.6. The van der Waals surface area contributed by atoms with Gasteiger partial charge in [0.25, 0.3) is 11.8 Å². The molecular weight excluding hydrogens is 431 g/mol. The molecule has 33 heavy (non-hydrogen) atoms. The molecule has 8 nitrogen and oxygen atoms in total. The summed E-state index contributed by atoms with van der Waals surface area (Å²) < 4.78 is 28.7. The minimum atomic E-state index is -0.725. The first-order valence-corrected chi connectivity index (χ1v) is 9.83. The van der Waals surface area contributed by atoms with Crippen molar-refractivity contribution in [3.8, 4) is 11.5 Å². The quantitative estimate of drug-likeness (QED) is 0.481. The molecule has 3 rings (SSSR count). The van der Waals surface area contributed by atoms with Gasteiger partial charge in [0.15, 0.2) is 24.7 Å². The molecule has 0 aliphatic carbocycles. The Labute approximate surface area is 189 Å². The van der Waals surface area contributed by atoms with Gasteiger partial charge in [-0.15, -0.1) is 0 Å². The van der Waals surface area contributed by atoms with E-state index in [1.165, 1.54) is 49.6 Å².